The van der Waals surface area contributed by atoms with Crippen LogP contribution in [-0.2, 0) is 6.54 Å². The highest BCUT2D eigenvalue weighted by Gasteiger charge is 2.16. The van der Waals surface area contributed by atoms with Crippen LogP contribution < -0.4 is 5.32 Å². The third-order valence-corrected chi connectivity index (χ3v) is 3.78. The summed E-state index contributed by atoms with van der Waals surface area (Å²) in [6, 6.07) is 19.1. The minimum atomic E-state index is 0.138. The Morgan fingerprint density at radius 3 is 2.14 bits per heavy atom. The van der Waals surface area contributed by atoms with Crippen LogP contribution in [0.3, 0.4) is 0 Å². The van der Waals surface area contributed by atoms with Crippen molar-refractivity contribution in [2.45, 2.75) is 26.8 Å². The molecule has 2 heteroatoms. The Morgan fingerprint density at radius 1 is 0.905 bits per heavy atom. The molecule has 21 heavy (non-hydrogen) atoms. The van der Waals surface area contributed by atoms with E-state index in [-0.39, 0.29) is 12.0 Å². The quantitative estimate of drug-likeness (QED) is 0.809. The molecule has 2 aromatic rings. The summed E-state index contributed by atoms with van der Waals surface area (Å²) >= 11 is 0. The lowest BCUT2D eigenvalue weighted by Gasteiger charge is -2.24. The van der Waals surface area contributed by atoms with Crippen molar-refractivity contribution >= 4 is 0 Å². The Hall–Kier alpha value is -1.64. The summed E-state index contributed by atoms with van der Waals surface area (Å²) in [5.74, 6) is 0. The van der Waals surface area contributed by atoms with E-state index in [1.165, 1.54) is 16.7 Å². The smallest absolute Gasteiger partial charge is 0.0436 e. The average Bonchev–Trinajstić information content (AvgIpc) is 2.48. The fraction of sp³-hybridized carbons (Fsp3) is 0.368. The van der Waals surface area contributed by atoms with Crippen LogP contribution in [0.1, 0.15) is 25.8 Å². The summed E-state index contributed by atoms with van der Waals surface area (Å²) in [6.07, 6.45) is 0.826. The molecule has 0 aliphatic carbocycles. The first kappa shape index (κ1) is 15.7. The van der Waals surface area contributed by atoms with Gasteiger partial charge in [0.25, 0.3) is 0 Å². The fourth-order valence-corrected chi connectivity index (χ4v) is 2.38. The van der Waals surface area contributed by atoms with E-state index in [0.29, 0.717) is 0 Å². The molecule has 2 aromatic carbocycles. The van der Waals surface area contributed by atoms with E-state index < -0.39 is 0 Å². The van der Waals surface area contributed by atoms with Crippen LogP contribution in [0.4, 0.5) is 0 Å². The first-order valence-electron chi connectivity index (χ1n) is 7.57. The summed E-state index contributed by atoms with van der Waals surface area (Å²) in [5, 5.41) is 12.5. The van der Waals surface area contributed by atoms with Crippen LogP contribution in [-0.4, -0.2) is 18.3 Å². The first-order valence-corrected chi connectivity index (χ1v) is 7.57. The van der Waals surface area contributed by atoms with E-state index in [4.69, 9.17) is 5.11 Å². The molecule has 0 unspecified atom stereocenters. The summed E-state index contributed by atoms with van der Waals surface area (Å²) in [7, 11) is 0. The van der Waals surface area contributed by atoms with Crippen molar-refractivity contribution in [2.75, 3.05) is 13.2 Å². The van der Waals surface area contributed by atoms with Gasteiger partial charge in [0.15, 0.2) is 0 Å². The molecule has 2 rings (SSSR count). The molecule has 0 aromatic heterocycles. The molecule has 0 aliphatic rings. The van der Waals surface area contributed by atoms with Crippen LogP contribution in [0.25, 0.3) is 11.1 Å². The van der Waals surface area contributed by atoms with Gasteiger partial charge in [-0.15, -0.1) is 0 Å². The number of aliphatic hydroxyl groups excluding tert-OH is 1. The zero-order valence-electron chi connectivity index (χ0n) is 13.0. The number of hydrogen-bond acceptors (Lipinski definition) is 2. The van der Waals surface area contributed by atoms with E-state index >= 15 is 0 Å². The first-order chi connectivity index (χ1) is 10.1. The monoisotopic (exact) mass is 283 g/mol. The lowest BCUT2D eigenvalue weighted by molar-refractivity contribution is 0.207. The van der Waals surface area contributed by atoms with Gasteiger partial charge in [-0.1, -0.05) is 68.4 Å². The van der Waals surface area contributed by atoms with Crippen LogP contribution >= 0.6 is 0 Å². The molecule has 0 fully saturated rings. The lowest BCUT2D eigenvalue weighted by atomic mass is 9.90. The van der Waals surface area contributed by atoms with Gasteiger partial charge in [-0.2, -0.15) is 0 Å². The average molecular weight is 283 g/mol. The molecule has 112 valence electrons. The zero-order chi connectivity index (χ0) is 15.1. The number of benzene rings is 2. The predicted molar refractivity (Wildman–Crippen MR) is 89.1 cm³/mol. The van der Waals surface area contributed by atoms with E-state index in [9.17, 15) is 0 Å². The Kier molecular flexibility index (Phi) is 5.54. The molecular formula is C19H25NO. The van der Waals surface area contributed by atoms with E-state index in [1.807, 2.05) is 6.07 Å². The van der Waals surface area contributed by atoms with Gasteiger partial charge in [-0.3, -0.25) is 0 Å². The second-order valence-electron chi connectivity index (χ2n) is 6.30. The molecular weight excluding hydrogens is 258 g/mol. The second-order valence-corrected chi connectivity index (χ2v) is 6.30. The van der Waals surface area contributed by atoms with Gasteiger partial charge < -0.3 is 10.4 Å². The van der Waals surface area contributed by atoms with Gasteiger partial charge in [0.2, 0.25) is 0 Å². The van der Waals surface area contributed by atoms with Gasteiger partial charge in [0, 0.05) is 19.7 Å². The van der Waals surface area contributed by atoms with Crippen molar-refractivity contribution in [3.8, 4) is 11.1 Å². The van der Waals surface area contributed by atoms with Crippen molar-refractivity contribution < 1.29 is 5.11 Å². The van der Waals surface area contributed by atoms with E-state index in [1.54, 1.807) is 0 Å². The van der Waals surface area contributed by atoms with Gasteiger partial charge >= 0.3 is 0 Å². The van der Waals surface area contributed by atoms with Crippen molar-refractivity contribution in [3.63, 3.8) is 0 Å². The lowest BCUT2D eigenvalue weighted by Crippen LogP contribution is -2.29. The van der Waals surface area contributed by atoms with Crippen molar-refractivity contribution in [1.29, 1.82) is 0 Å². The zero-order valence-corrected chi connectivity index (χ0v) is 13.0. The maximum atomic E-state index is 9.03. The molecule has 0 atom stereocenters. The maximum Gasteiger partial charge on any atom is 0.0436 e. The maximum absolute atomic E-state index is 9.03. The normalized spacial score (nSPS) is 11.6. The highest BCUT2D eigenvalue weighted by molar-refractivity contribution is 5.63. The Balaban J connectivity index is 1.89. The summed E-state index contributed by atoms with van der Waals surface area (Å²) in [5.41, 5.74) is 3.93. The molecule has 2 N–H and O–H groups in total. The van der Waals surface area contributed by atoms with Crippen molar-refractivity contribution in [1.82, 2.24) is 5.32 Å². The molecule has 0 saturated heterocycles. The van der Waals surface area contributed by atoms with E-state index in [0.717, 1.165) is 19.5 Å². The van der Waals surface area contributed by atoms with E-state index in [2.05, 4.69) is 67.7 Å². The minimum absolute atomic E-state index is 0.138. The highest BCUT2D eigenvalue weighted by Crippen LogP contribution is 2.20. The third kappa shape index (κ3) is 5.00. The van der Waals surface area contributed by atoms with Crippen LogP contribution in [0.2, 0.25) is 0 Å². The summed E-state index contributed by atoms with van der Waals surface area (Å²) in [4.78, 5) is 0. The van der Waals surface area contributed by atoms with Gasteiger partial charge in [0.1, 0.15) is 0 Å². The standard InChI is InChI=1S/C19H25NO/c1-19(2,12-13-21)15-20-14-16-8-10-18(11-9-16)17-6-4-3-5-7-17/h3-11,20-21H,12-15H2,1-2H3. The topological polar surface area (TPSA) is 32.3 Å². The number of aliphatic hydroxyl groups is 1. The minimum Gasteiger partial charge on any atom is -0.396 e. The largest absolute Gasteiger partial charge is 0.396 e. The fourth-order valence-electron chi connectivity index (χ4n) is 2.38. The molecule has 0 amide bonds. The van der Waals surface area contributed by atoms with Crippen molar-refractivity contribution in [3.05, 3.63) is 60.2 Å². The molecule has 2 nitrogen and oxygen atoms in total. The van der Waals surface area contributed by atoms with Gasteiger partial charge in [0.05, 0.1) is 0 Å². The molecule has 0 heterocycles. The van der Waals surface area contributed by atoms with Gasteiger partial charge in [-0.25, -0.2) is 0 Å². The third-order valence-electron chi connectivity index (χ3n) is 3.78. The van der Waals surface area contributed by atoms with Crippen LogP contribution in [0.15, 0.2) is 54.6 Å². The highest BCUT2D eigenvalue weighted by atomic mass is 16.3. The molecule has 0 aliphatic heterocycles. The molecule has 0 spiro atoms. The van der Waals surface area contributed by atoms with Crippen molar-refractivity contribution in [2.24, 2.45) is 5.41 Å². The SMILES string of the molecule is CC(C)(CCO)CNCc1ccc(-c2ccccc2)cc1. The number of rotatable bonds is 7. The Bertz CT molecular complexity index is 531. The second kappa shape index (κ2) is 7.39. The van der Waals surface area contributed by atoms with Gasteiger partial charge in [-0.05, 0) is 28.5 Å². The Labute approximate surface area is 127 Å². The predicted octanol–water partition coefficient (Wildman–Crippen LogP) is 3.85. The summed E-state index contributed by atoms with van der Waals surface area (Å²) in [6.45, 7) is 6.38. The number of hydrogen-bond donors (Lipinski definition) is 2. The molecule has 0 saturated carbocycles. The van der Waals surface area contributed by atoms with Crippen LogP contribution in [0.5, 0.6) is 0 Å². The van der Waals surface area contributed by atoms with Crippen LogP contribution in [0, 0.1) is 5.41 Å². The summed E-state index contributed by atoms with van der Waals surface area (Å²) < 4.78 is 0. The molecule has 0 bridgehead atoms. The number of nitrogens with one attached hydrogen (secondary N) is 1. The molecule has 0 radical (unpaired) electrons. The Morgan fingerprint density at radius 2 is 1.52 bits per heavy atom.